The number of nitriles is 1. The van der Waals surface area contributed by atoms with E-state index in [2.05, 4.69) is 26.3 Å². The van der Waals surface area contributed by atoms with Gasteiger partial charge in [-0.15, -0.1) is 11.3 Å². The van der Waals surface area contributed by atoms with E-state index < -0.39 is 0 Å². The second kappa shape index (κ2) is 6.56. The summed E-state index contributed by atoms with van der Waals surface area (Å²) < 4.78 is 0. The fraction of sp³-hybridized carbons (Fsp3) is 0.118. The molecular formula is C17H13N5OS. The molecule has 3 aromatic rings. The minimum absolute atomic E-state index is 0.292. The van der Waals surface area contributed by atoms with Gasteiger partial charge in [0.15, 0.2) is 5.13 Å². The van der Waals surface area contributed by atoms with Crippen LogP contribution in [0.4, 0.5) is 5.13 Å². The van der Waals surface area contributed by atoms with Gasteiger partial charge >= 0.3 is 0 Å². The third-order valence-electron chi connectivity index (χ3n) is 3.23. The van der Waals surface area contributed by atoms with Gasteiger partial charge in [-0.1, -0.05) is 0 Å². The molecule has 0 aliphatic rings. The van der Waals surface area contributed by atoms with Crippen LogP contribution < -0.4 is 5.32 Å². The number of thiazole rings is 1. The molecule has 24 heavy (non-hydrogen) atoms. The van der Waals surface area contributed by atoms with Crippen LogP contribution in [-0.2, 0) is 0 Å². The molecule has 0 unspecified atom stereocenters. The van der Waals surface area contributed by atoms with Crippen LogP contribution in [0.2, 0.25) is 0 Å². The van der Waals surface area contributed by atoms with Crippen LogP contribution >= 0.6 is 11.3 Å². The lowest BCUT2D eigenvalue weighted by atomic mass is 10.1. The zero-order valence-corrected chi connectivity index (χ0v) is 13.9. The number of nitrogens with zero attached hydrogens (tertiary/aromatic N) is 4. The molecule has 0 spiro atoms. The topological polar surface area (TPSA) is 91.6 Å². The van der Waals surface area contributed by atoms with Crippen molar-refractivity contribution >= 4 is 22.4 Å². The number of aryl methyl sites for hydroxylation is 2. The summed E-state index contributed by atoms with van der Waals surface area (Å²) in [5.41, 5.74) is 3.86. The monoisotopic (exact) mass is 335 g/mol. The molecule has 0 fully saturated rings. The molecule has 0 saturated heterocycles. The zero-order chi connectivity index (χ0) is 17.1. The summed E-state index contributed by atoms with van der Waals surface area (Å²) in [4.78, 5) is 25.0. The van der Waals surface area contributed by atoms with Gasteiger partial charge in [-0.05, 0) is 37.6 Å². The van der Waals surface area contributed by atoms with E-state index in [9.17, 15) is 4.79 Å². The predicted molar refractivity (Wildman–Crippen MR) is 91.7 cm³/mol. The minimum atomic E-state index is -0.321. The standard InChI is InChI=1S/C17H13N5OS/c1-10-3-13(14-4-12(6-18)7-19-8-14)5-15(20-10)16(23)22-17-21-11(2)9-24-17/h3-5,7-9H,1-2H3,(H,21,22,23). The molecule has 1 N–H and O–H groups in total. The number of amides is 1. The second-order valence-electron chi connectivity index (χ2n) is 5.20. The first-order valence-electron chi connectivity index (χ1n) is 7.13. The highest BCUT2D eigenvalue weighted by Gasteiger charge is 2.13. The van der Waals surface area contributed by atoms with Crippen molar-refractivity contribution in [2.45, 2.75) is 13.8 Å². The second-order valence-corrected chi connectivity index (χ2v) is 6.06. The van der Waals surface area contributed by atoms with Gasteiger partial charge in [0.1, 0.15) is 11.8 Å². The van der Waals surface area contributed by atoms with Crippen molar-refractivity contribution in [3.8, 4) is 17.2 Å². The Hall–Kier alpha value is -3.11. The summed E-state index contributed by atoms with van der Waals surface area (Å²) in [7, 11) is 0. The van der Waals surface area contributed by atoms with E-state index in [1.54, 1.807) is 18.3 Å². The highest BCUT2D eigenvalue weighted by molar-refractivity contribution is 7.13. The summed E-state index contributed by atoms with van der Waals surface area (Å²) in [5, 5.41) is 14.1. The normalized spacial score (nSPS) is 10.2. The zero-order valence-electron chi connectivity index (χ0n) is 13.1. The first kappa shape index (κ1) is 15.8. The Morgan fingerprint density at radius 2 is 1.96 bits per heavy atom. The van der Waals surface area contributed by atoms with Crippen molar-refractivity contribution in [2.24, 2.45) is 0 Å². The number of pyridine rings is 2. The van der Waals surface area contributed by atoms with Crippen molar-refractivity contribution in [2.75, 3.05) is 5.32 Å². The summed E-state index contributed by atoms with van der Waals surface area (Å²) in [6.07, 6.45) is 3.15. The van der Waals surface area contributed by atoms with Gasteiger partial charge in [0, 0.05) is 29.0 Å². The van der Waals surface area contributed by atoms with E-state index in [0.717, 1.165) is 16.8 Å². The lowest BCUT2D eigenvalue weighted by Gasteiger charge is -2.07. The average Bonchev–Trinajstić information content (AvgIpc) is 2.99. The van der Waals surface area contributed by atoms with E-state index in [-0.39, 0.29) is 5.91 Å². The molecule has 3 rings (SSSR count). The summed E-state index contributed by atoms with van der Waals surface area (Å²) in [6, 6.07) is 7.32. The molecular weight excluding hydrogens is 322 g/mol. The minimum Gasteiger partial charge on any atom is -0.296 e. The SMILES string of the molecule is Cc1cc(-c2cncc(C#N)c2)cc(C(=O)Nc2nc(C)cs2)n1. The van der Waals surface area contributed by atoms with Crippen LogP contribution in [0.15, 0.2) is 36.0 Å². The molecule has 0 radical (unpaired) electrons. The maximum Gasteiger partial charge on any atom is 0.276 e. The van der Waals surface area contributed by atoms with Gasteiger partial charge in [-0.25, -0.2) is 9.97 Å². The van der Waals surface area contributed by atoms with Crippen molar-refractivity contribution in [3.63, 3.8) is 0 Å². The number of hydrogen-bond donors (Lipinski definition) is 1. The lowest BCUT2D eigenvalue weighted by Crippen LogP contribution is -2.14. The van der Waals surface area contributed by atoms with E-state index in [1.165, 1.54) is 17.5 Å². The van der Waals surface area contributed by atoms with Gasteiger partial charge in [0.05, 0.1) is 11.3 Å². The number of rotatable bonds is 3. The smallest absolute Gasteiger partial charge is 0.276 e. The number of anilines is 1. The molecule has 3 aromatic heterocycles. The number of aromatic nitrogens is 3. The van der Waals surface area contributed by atoms with E-state index in [1.807, 2.05) is 25.3 Å². The number of carbonyl (C=O) groups excluding carboxylic acids is 1. The van der Waals surface area contributed by atoms with Crippen LogP contribution in [0.5, 0.6) is 0 Å². The van der Waals surface area contributed by atoms with Crippen molar-refractivity contribution in [1.82, 2.24) is 15.0 Å². The first-order chi connectivity index (χ1) is 11.5. The molecule has 7 heteroatoms. The Labute approximate surface area is 142 Å². The third-order valence-corrected chi connectivity index (χ3v) is 4.10. The molecule has 0 saturated carbocycles. The molecule has 0 aliphatic carbocycles. The number of hydrogen-bond acceptors (Lipinski definition) is 6. The maximum absolute atomic E-state index is 12.4. The molecule has 6 nitrogen and oxygen atoms in total. The van der Waals surface area contributed by atoms with E-state index in [4.69, 9.17) is 5.26 Å². The van der Waals surface area contributed by atoms with Crippen LogP contribution in [0.25, 0.3) is 11.1 Å². The summed E-state index contributed by atoms with van der Waals surface area (Å²) in [6.45, 7) is 3.68. The highest BCUT2D eigenvalue weighted by atomic mass is 32.1. The van der Waals surface area contributed by atoms with Gasteiger partial charge in [-0.2, -0.15) is 5.26 Å². The largest absolute Gasteiger partial charge is 0.296 e. The molecule has 0 atom stereocenters. The predicted octanol–water partition coefficient (Wildman–Crippen LogP) is 3.34. The molecule has 3 heterocycles. The Balaban J connectivity index is 1.93. The molecule has 118 valence electrons. The maximum atomic E-state index is 12.4. The molecule has 1 amide bonds. The van der Waals surface area contributed by atoms with E-state index in [0.29, 0.717) is 22.1 Å². The molecule has 0 aromatic carbocycles. The van der Waals surface area contributed by atoms with Gasteiger partial charge in [0.2, 0.25) is 0 Å². The van der Waals surface area contributed by atoms with Crippen LogP contribution in [-0.4, -0.2) is 20.9 Å². The fourth-order valence-corrected chi connectivity index (χ4v) is 2.87. The summed E-state index contributed by atoms with van der Waals surface area (Å²) >= 11 is 1.37. The van der Waals surface area contributed by atoms with Gasteiger partial charge in [0.25, 0.3) is 5.91 Å². The fourth-order valence-electron chi connectivity index (χ4n) is 2.18. The Morgan fingerprint density at radius 1 is 1.12 bits per heavy atom. The molecule has 0 aliphatic heterocycles. The highest BCUT2D eigenvalue weighted by Crippen LogP contribution is 2.22. The van der Waals surface area contributed by atoms with Gasteiger partial charge in [-0.3, -0.25) is 15.1 Å². The lowest BCUT2D eigenvalue weighted by molar-refractivity contribution is 0.102. The van der Waals surface area contributed by atoms with Gasteiger partial charge < -0.3 is 0 Å². The first-order valence-corrected chi connectivity index (χ1v) is 8.01. The quantitative estimate of drug-likeness (QED) is 0.792. The Bertz CT molecular complexity index is 958. The average molecular weight is 335 g/mol. The third kappa shape index (κ3) is 3.45. The van der Waals surface area contributed by atoms with Crippen molar-refractivity contribution in [3.05, 3.63) is 58.6 Å². The van der Waals surface area contributed by atoms with Crippen LogP contribution in [0.3, 0.4) is 0 Å². The Morgan fingerprint density at radius 3 is 2.67 bits per heavy atom. The number of nitrogens with one attached hydrogen (secondary N) is 1. The van der Waals surface area contributed by atoms with Crippen molar-refractivity contribution < 1.29 is 4.79 Å². The summed E-state index contributed by atoms with van der Waals surface area (Å²) in [5.74, 6) is -0.321. The Kier molecular flexibility index (Phi) is 4.31. The van der Waals surface area contributed by atoms with Crippen LogP contribution in [0.1, 0.15) is 27.4 Å². The number of carbonyl (C=O) groups is 1. The van der Waals surface area contributed by atoms with Crippen molar-refractivity contribution in [1.29, 1.82) is 5.26 Å². The van der Waals surface area contributed by atoms with Crippen LogP contribution in [0, 0.1) is 25.2 Å². The van der Waals surface area contributed by atoms with E-state index >= 15 is 0 Å². The molecule has 0 bridgehead atoms.